The standard InChI is InChI=1S/C7H13BO2/c1-4-5-8-9-6(2)7(3)10-8/h4,6-7H,1,5H2,2-3H3. The average Bonchev–Trinajstić information content (AvgIpc) is 2.14. The van der Waals surface area contributed by atoms with E-state index < -0.39 is 0 Å². The normalized spacial score (nSPS) is 32.8. The molecule has 0 aliphatic carbocycles. The fourth-order valence-corrected chi connectivity index (χ4v) is 0.979. The highest BCUT2D eigenvalue weighted by Crippen LogP contribution is 2.17. The van der Waals surface area contributed by atoms with Crippen molar-refractivity contribution in [1.82, 2.24) is 0 Å². The Balaban J connectivity index is 2.33. The van der Waals surface area contributed by atoms with E-state index in [-0.39, 0.29) is 19.3 Å². The van der Waals surface area contributed by atoms with Crippen LogP contribution >= 0.6 is 0 Å². The van der Waals surface area contributed by atoms with Gasteiger partial charge in [0.15, 0.2) is 0 Å². The summed E-state index contributed by atoms with van der Waals surface area (Å²) in [6.45, 7) is 7.66. The predicted molar refractivity (Wildman–Crippen MR) is 41.9 cm³/mol. The van der Waals surface area contributed by atoms with Crippen molar-refractivity contribution in [3.05, 3.63) is 12.7 Å². The molecule has 0 aromatic carbocycles. The molecule has 56 valence electrons. The molecule has 0 N–H and O–H groups in total. The van der Waals surface area contributed by atoms with E-state index >= 15 is 0 Å². The number of hydrogen-bond donors (Lipinski definition) is 0. The van der Waals surface area contributed by atoms with Crippen molar-refractivity contribution in [2.75, 3.05) is 0 Å². The van der Waals surface area contributed by atoms with Gasteiger partial charge >= 0.3 is 7.12 Å². The van der Waals surface area contributed by atoms with Crippen LogP contribution in [0.3, 0.4) is 0 Å². The second-order valence-corrected chi connectivity index (χ2v) is 2.64. The Bertz CT molecular complexity index is 117. The second kappa shape index (κ2) is 3.22. The molecule has 3 heteroatoms. The van der Waals surface area contributed by atoms with Crippen LogP contribution < -0.4 is 0 Å². The molecule has 2 unspecified atom stereocenters. The van der Waals surface area contributed by atoms with Gasteiger partial charge in [-0.05, 0) is 13.8 Å². The van der Waals surface area contributed by atoms with Gasteiger partial charge in [0.05, 0.1) is 12.2 Å². The molecule has 0 saturated carbocycles. The highest BCUT2D eigenvalue weighted by Gasteiger charge is 2.32. The predicted octanol–water partition coefficient (Wildman–Crippen LogP) is 1.48. The van der Waals surface area contributed by atoms with E-state index in [9.17, 15) is 0 Å². The Morgan fingerprint density at radius 1 is 1.40 bits per heavy atom. The molecule has 0 aromatic rings. The quantitative estimate of drug-likeness (QED) is 0.427. The third-order valence-corrected chi connectivity index (χ3v) is 1.75. The van der Waals surface area contributed by atoms with Gasteiger partial charge in [-0.1, -0.05) is 6.08 Å². The monoisotopic (exact) mass is 140 g/mol. The average molecular weight is 140 g/mol. The molecule has 1 heterocycles. The minimum atomic E-state index is -0.0532. The SMILES string of the molecule is C=CCB1OC(C)C(C)O1. The lowest BCUT2D eigenvalue weighted by Crippen LogP contribution is -2.13. The Labute approximate surface area is 62.4 Å². The number of allylic oxidation sites excluding steroid dienone is 1. The summed E-state index contributed by atoms with van der Waals surface area (Å²) in [5, 5.41) is 0. The lowest BCUT2D eigenvalue weighted by Gasteiger charge is -2.04. The molecule has 1 fully saturated rings. The molecule has 1 aliphatic rings. The zero-order valence-electron chi connectivity index (χ0n) is 6.54. The molecule has 1 aliphatic heterocycles. The van der Waals surface area contributed by atoms with Crippen LogP contribution in [0.1, 0.15) is 13.8 Å². The highest BCUT2D eigenvalue weighted by atomic mass is 16.6. The second-order valence-electron chi connectivity index (χ2n) is 2.64. The van der Waals surface area contributed by atoms with Crippen LogP contribution in [0.5, 0.6) is 0 Å². The van der Waals surface area contributed by atoms with Crippen LogP contribution in [0.15, 0.2) is 12.7 Å². The van der Waals surface area contributed by atoms with Crippen molar-refractivity contribution in [1.29, 1.82) is 0 Å². The third kappa shape index (κ3) is 1.61. The van der Waals surface area contributed by atoms with Gasteiger partial charge in [0.25, 0.3) is 0 Å². The minimum absolute atomic E-state index is 0.0532. The molecule has 0 amide bonds. The molecule has 0 radical (unpaired) electrons. The van der Waals surface area contributed by atoms with Crippen molar-refractivity contribution in [2.45, 2.75) is 32.4 Å². The van der Waals surface area contributed by atoms with Crippen LogP contribution in [0.25, 0.3) is 0 Å². The first kappa shape index (κ1) is 7.83. The fraction of sp³-hybridized carbons (Fsp3) is 0.714. The molecule has 10 heavy (non-hydrogen) atoms. The van der Waals surface area contributed by atoms with Crippen molar-refractivity contribution in [2.24, 2.45) is 0 Å². The van der Waals surface area contributed by atoms with Crippen molar-refractivity contribution < 1.29 is 9.31 Å². The van der Waals surface area contributed by atoms with Crippen LogP contribution in [0.2, 0.25) is 6.32 Å². The molecule has 0 aromatic heterocycles. The first-order chi connectivity index (χ1) is 4.74. The van der Waals surface area contributed by atoms with Crippen LogP contribution in [-0.4, -0.2) is 19.3 Å². The number of hydrogen-bond acceptors (Lipinski definition) is 2. The summed E-state index contributed by atoms with van der Waals surface area (Å²) in [4.78, 5) is 0. The van der Waals surface area contributed by atoms with Crippen molar-refractivity contribution >= 4 is 7.12 Å². The zero-order chi connectivity index (χ0) is 7.56. The summed E-state index contributed by atoms with van der Waals surface area (Å²) in [7, 11) is -0.0532. The van der Waals surface area contributed by atoms with E-state index in [1.165, 1.54) is 0 Å². The molecule has 0 bridgehead atoms. The first-order valence-electron chi connectivity index (χ1n) is 3.66. The van der Waals surface area contributed by atoms with E-state index in [1.807, 2.05) is 19.9 Å². The lowest BCUT2D eigenvalue weighted by atomic mass is 9.86. The van der Waals surface area contributed by atoms with Crippen LogP contribution in [0, 0.1) is 0 Å². The summed E-state index contributed by atoms with van der Waals surface area (Å²) in [5.41, 5.74) is 0. The Kier molecular flexibility index (Phi) is 2.52. The summed E-state index contributed by atoms with van der Waals surface area (Å²) >= 11 is 0. The molecule has 0 spiro atoms. The van der Waals surface area contributed by atoms with Crippen molar-refractivity contribution in [3.63, 3.8) is 0 Å². The maximum atomic E-state index is 5.42. The first-order valence-corrected chi connectivity index (χ1v) is 3.66. The Hall–Kier alpha value is -0.275. The van der Waals surface area contributed by atoms with Gasteiger partial charge in [0, 0.05) is 6.32 Å². The lowest BCUT2D eigenvalue weighted by molar-refractivity contribution is 0.187. The summed E-state index contributed by atoms with van der Waals surface area (Å²) in [6.07, 6.45) is 3.05. The molecule has 1 rings (SSSR count). The van der Waals surface area contributed by atoms with E-state index in [0.717, 1.165) is 6.32 Å². The highest BCUT2D eigenvalue weighted by molar-refractivity contribution is 6.45. The maximum Gasteiger partial charge on any atom is 0.461 e. The van der Waals surface area contributed by atoms with Gasteiger partial charge in [0.2, 0.25) is 0 Å². The zero-order valence-corrected chi connectivity index (χ0v) is 6.54. The summed E-state index contributed by atoms with van der Waals surface area (Å²) in [6, 6.07) is 0. The van der Waals surface area contributed by atoms with Gasteiger partial charge in [-0.15, -0.1) is 6.58 Å². The van der Waals surface area contributed by atoms with Crippen molar-refractivity contribution in [3.8, 4) is 0 Å². The number of rotatable bonds is 2. The van der Waals surface area contributed by atoms with E-state index in [2.05, 4.69) is 6.58 Å². The van der Waals surface area contributed by atoms with Gasteiger partial charge in [0.1, 0.15) is 0 Å². The Morgan fingerprint density at radius 3 is 2.30 bits per heavy atom. The molecule has 2 nitrogen and oxygen atoms in total. The van der Waals surface area contributed by atoms with Crippen LogP contribution in [-0.2, 0) is 9.31 Å². The van der Waals surface area contributed by atoms with E-state index in [1.54, 1.807) is 0 Å². The topological polar surface area (TPSA) is 18.5 Å². The van der Waals surface area contributed by atoms with Gasteiger partial charge < -0.3 is 9.31 Å². The minimum Gasteiger partial charge on any atom is -0.406 e. The largest absolute Gasteiger partial charge is 0.461 e. The molecule has 2 atom stereocenters. The van der Waals surface area contributed by atoms with E-state index in [4.69, 9.17) is 9.31 Å². The molecular weight excluding hydrogens is 127 g/mol. The fourth-order valence-electron chi connectivity index (χ4n) is 0.979. The van der Waals surface area contributed by atoms with Crippen LogP contribution in [0.4, 0.5) is 0 Å². The molecule has 1 saturated heterocycles. The summed E-state index contributed by atoms with van der Waals surface area (Å²) < 4.78 is 10.8. The van der Waals surface area contributed by atoms with Gasteiger partial charge in [-0.2, -0.15) is 0 Å². The third-order valence-electron chi connectivity index (χ3n) is 1.75. The maximum absolute atomic E-state index is 5.42. The van der Waals surface area contributed by atoms with E-state index in [0.29, 0.717) is 0 Å². The smallest absolute Gasteiger partial charge is 0.406 e. The Morgan fingerprint density at radius 2 is 1.90 bits per heavy atom. The van der Waals surface area contributed by atoms with Gasteiger partial charge in [-0.25, -0.2) is 0 Å². The summed E-state index contributed by atoms with van der Waals surface area (Å²) in [5.74, 6) is 0. The molecular formula is C7H13BO2. The van der Waals surface area contributed by atoms with Gasteiger partial charge in [-0.3, -0.25) is 0 Å².